The molecule has 0 aromatic carbocycles. The summed E-state index contributed by atoms with van der Waals surface area (Å²) in [5, 5.41) is 11.7. The van der Waals surface area contributed by atoms with Gasteiger partial charge >= 0.3 is 5.97 Å². The van der Waals surface area contributed by atoms with Crippen molar-refractivity contribution in [3.8, 4) is 0 Å². The number of hydrogen-bond acceptors (Lipinski definition) is 3. The Bertz CT molecular complexity index is 150. The van der Waals surface area contributed by atoms with Crippen LogP contribution in [0.4, 0.5) is 0 Å². The molecule has 14 heavy (non-hydrogen) atoms. The van der Waals surface area contributed by atoms with E-state index in [1.807, 2.05) is 6.92 Å². The van der Waals surface area contributed by atoms with Gasteiger partial charge in [-0.05, 0) is 32.2 Å². The van der Waals surface area contributed by atoms with Gasteiger partial charge in [0.2, 0.25) is 0 Å². The highest BCUT2D eigenvalue weighted by Gasteiger charge is 2.12. The number of aliphatic carboxylic acids is 1. The molecular formula is C10H21NO3. The average molecular weight is 203 g/mol. The fourth-order valence-corrected chi connectivity index (χ4v) is 1.23. The largest absolute Gasteiger partial charge is 0.480 e. The number of rotatable bonds is 9. The number of unbranched alkanes of at least 4 members (excludes halogenated alkanes) is 2. The Morgan fingerprint density at radius 1 is 1.43 bits per heavy atom. The Balaban J connectivity index is 3.29. The topological polar surface area (TPSA) is 58.6 Å². The van der Waals surface area contributed by atoms with Crippen LogP contribution >= 0.6 is 0 Å². The predicted octanol–water partition coefficient (Wildman–Crippen LogP) is 1.26. The molecule has 0 rings (SSSR count). The number of carboxylic acids is 1. The summed E-state index contributed by atoms with van der Waals surface area (Å²) in [7, 11) is 1.69. The Hall–Kier alpha value is -0.610. The molecular weight excluding hydrogens is 182 g/mol. The van der Waals surface area contributed by atoms with Crippen LogP contribution in [-0.2, 0) is 9.53 Å². The van der Waals surface area contributed by atoms with E-state index in [4.69, 9.17) is 9.84 Å². The zero-order chi connectivity index (χ0) is 10.8. The van der Waals surface area contributed by atoms with E-state index >= 15 is 0 Å². The quantitative estimate of drug-likeness (QED) is 0.554. The number of ether oxygens (including phenoxy) is 1. The molecule has 0 saturated heterocycles. The summed E-state index contributed by atoms with van der Waals surface area (Å²) < 4.78 is 4.91. The molecule has 0 aliphatic heterocycles. The molecule has 4 nitrogen and oxygen atoms in total. The standard InChI is InChI=1S/C10H21NO3/c1-3-9(10(12)13)11-7-5-4-6-8-14-2/h9,11H,3-8H2,1-2H3,(H,12,13). The first-order chi connectivity index (χ1) is 6.72. The van der Waals surface area contributed by atoms with Crippen LogP contribution in [0.3, 0.4) is 0 Å². The molecule has 0 aliphatic rings. The van der Waals surface area contributed by atoms with Gasteiger partial charge in [0.05, 0.1) is 0 Å². The van der Waals surface area contributed by atoms with Gasteiger partial charge in [-0.1, -0.05) is 6.92 Å². The summed E-state index contributed by atoms with van der Waals surface area (Å²) in [5.74, 6) is -0.760. The Labute approximate surface area is 85.6 Å². The molecule has 84 valence electrons. The van der Waals surface area contributed by atoms with Gasteiger partial charge < -0.3 is 15.2 Å². The normalized spacial score (nSPS) is 12.7. The summed E-state index contributed by atoms with van der Waals surface area (Å²) in [5.41, 5.74) is 0. The highest BCUT2D eigenvalue weighted by Crippen LogP contribution is 1.96. The van der Waals surface area contributed by atoms with E-state index in [2.05, 4.69) is 5.32 Å². The van der Waals surface area contributed by atoms with Crippen molar-refractivity contribution in [1.82, 2.24) is 5.32 Å². The number of hydrogen-bond donors (Lipinski definition) is 2. The van der Waals surface area contributed by atoms with Crippen LogP contribution in [0, 0.1) is 0 Å². The van der Waals surface area contributed by atoms with Crippen molar-refractivity contribution >= 4 is 5.97 Å². The Morgan fingerprint density at radius 3 is 2.64 bits per heavy atom. The zero-order valence-electron chi connectivity index (χ0n) is 9.08. The Morgan fingerprint density at radius 2 is 2.14 bits per heavy atom. The molecule has 0 aliphatic carbocycles. The van der Waals surface area contributed by atoms with Crippen LogP contribution in [0.5, 0.6) is 0 Å². The molecule has 0 saturated carbocycles. The lowest BCUT2D eigenvalue weighted by molar-refractivity contribution is -0.139. The highest BCUT2D eigenvalue weighted by molar-refractivity contribution is 5.73. The van der Waals surface area contributed by atoms with E-state index in [1.165, 1.54) is 0 Å². The average Bonchev–Trinajstić information content (AvgIpc) is 2.16. The van der Waals surface area contributed by atoms with E-state index < -0.39 is 12.0 Å². The fourth-order valence-electron chi connectivity index (χ4n) is 1.23. The Kier molecular flexibility index (Phi) is 8.57. The lowest BCUT2D eigenvalue weighted by Gasteiger charge is -2.11. The third-order valence-electron chi connectivity index (χ3n) is 2.12. The molecule has 0 radical (unpaired) electrons. The van der Waals surface area contributed by atoms with E-state index in [1.54, 1.807) is 7.11 Å². The summed E-state index contributed by atoms with van der Waals surface area (Å²) in [6.45, 7) is 3.43. The second-order valence-electron chi connectivity index (χ2n) is 3.31. The first-order valence-electron chi connectivity index (χ1n) is 5.17. The monoisotopic (exact) mass is 203 g/mol. The van der Waals surface area contributed by atoms with Gasteiger partial charge in [-0.15, -0.1) is 0 Å². The van der Waals surface area contributed by atoms with Crippen molar-refractivity contribution in [2.24, 2.45) is 0 Å². The number of nitrogens with one attached hydrogen (secondary N) is 1. The van der Waals surface area contributed by atoms with Crippen LogP contribution in [0.2, 0.25) is 0 Å². The van der Waals surface area contributed by atoms with Crippen molar-refractivity contribution in [3.63, 3.8) is 0 Å². The van der Waals surface area contributed by atoms with Gasteiger partial charge in [-0.2, -0.15) is 0 Å². The van der Waals surface area contributed by atoms with Crippen molar-refractivity contribution in [1.29, 1.82) is 0 Å². The van der Waals surface area contributed by atoms with Gasteiger partial charge in [0.1, 0.15) is 6.04 Å². The summed E-state index contributed by atoms with van der Waals surface area (Å²) >= 11 is 0. The van der Waals surface area contributed by atoms with E-state index in [-0.39, 0.29) is 0 Å². The first-order valence-corrected chi connectivity index (χ1v) is 5.17. The summed E-state index contributed by atoms with van der Waals surface area (Å²) in [6, 6.07) is -0.391. The molecule has 0 spiro atoms. The molecule has 0 amide bonds. The lowest BCUT2D eigenvalue weighted by atomic mass is 10.2. The number of methoxy groups -OCH3 is 1. The van der Waals surface area contributed by atoms with Gasteiger partial charge in [0.15, 0.2) is 0 Å². The van der Waals surface area contributed by atoms with E-state index in [0.29, 0.717) is 6.42 Å². The smallest absolute Gasteiger partial charge is 0.320 e. The minimum Gasteiger partial charge on any atom is -0.480 e. The van der Waals surface area contributed by atoms with Gasteiger partial charge in [-0.3, -0.25) is 4.79 Å². The highest BCUT2D eigenvalue weighted by atomic mass is 16.5. The second kappa shape index (κ2) is 8.97. The summed E-state index contributed by atoms with van der Waals surface area (Å²) in [4.78, 5) is 10.6. The third kappa shape index (κ3) is 6.86. The van der Waals surface area contributed by atoms with Crippen molar-refractivity contribution in [3.05, 3.63) is 0 Å². The maximum Gasteiger partial charge on any atom is 0.320 e. The van der Waals surface area contributed by atoms with Gasteiger partial charge in [0.25, 0.3) is 0 Å². The molecule has 1 unspecified atom stereocenters. The minimum atomic E-state index is -0.760. The van der Waals surface area contributed by atoms with Gasteiger partial charge in [0, 0.05) is 13.7 Å². The van der Waals surface area contributed by atoms with Crippen molar-refractivity contribution in [2.75, 3.05) is 20.3 Å². The molecule has 0 heterocycles. The second-order valence-corrected chi connectivity index (χ2v) is 3.31. The molecule has 1 atom stereocenters. The van der Waals surface area contributed by atoms with Crippen LogP contribution in [0.25, 0.3) is 0 Å². The molecule has 0 aromatic rings. The predicted molar refractivity (Wildman–Crippen MR) is 55.4 cm³/mol. The number of carbonyl (C=O) groups is 1. The van der Waals surface area contributed by atoms with Crippen LogP contribution in [0.15, 0.2) is 0 Å². The summed E-state index contributed by atoms with van der Waals surface area (Å²) in [6.07, 6.45) is 3.76. The first kappa shape index (κ1) is 13.4. The maximum absolute atomic E-state index is 10.6. The number of carboxylic acid groups (broad SMARTS) is 1. The fraction of sp³-hybridized carbons (Fsp3) is 0.900. The van der Waals surface area contributed by atoms with E-state index in [9.17, 15) is 4.79 Å². The molecule has 4 heteroatoms. The molecule has 0 bridgehead atoms. The van der Waals surface area contributed by atoms with Crippen LogP contribution in [0.1, 0.15) is 32.6 Å². The SMILES string of the molecule is CCC(NCCCCCOC)C(=O)O. The van der Waals surface area contributed by atoms with Crippen LogP contribution < -0.4 is 5.32 Å². The zero-order valence-corrected chi connectivity index (χ0v) is 9.08. The van der Waals surface area contributed by atoms with Crippen molar-refractivity contribution in [2.45, 2.75) is 38.6 Å². The lowest BCUT2D eigenvalue weighted by Crippen LogP contribution is -2.36. The van der Waals surface area contributed by atoms with Crippen LogP contribution in [-0.4, -0.2) is 37.4 Å². The van der Waals surface area contributed by atoms with Crippen molar-refractivity contribution < 1.29 is 14.6 Å². The molecule has 2 N–H and O–H groups in total. The maximum atomic E-state index is 10.6. The molecule has 0 aromatic heterocycles. The van der Waals surface area contributed by atoms with E-state index in [0.717, 1.165) is 32.4 Å². The molecule has 0 fully saturated rings. The minimum absolute atomic E-state index is 0.391. The van der Waals surface area contributed by atoms with Gasteiger partial charge in [-0.25, -0.2) is 0 Å². The third-order valence-corrected chi connectivity index (χ3v) is 2.12.